The first-order chi connectivity index (χ1) is 9.63. The summed E-state index contributed by atoms with van der Waals surface area (Å²) < 4.78 is 0. The standard InChI is InChI=1S/C16H24N2O2/c1-12-7-8-13(11-15(12)17)16(20)18(9-10-19)14-5-3-2-4-6-14/h7-8,11,14,19H,2-6,9-10,17H2,1H3. The van der Waals surface area contributed by atoms with Gasteiger partial charge in [0.1, 0.15) is 0 Å². The Morgan fingerprint density at radius 2 is 2.05 bits per heavy atom. The van der Waals surface area contributed by atoms with Crippen molar-refractivity contribution >= 4 is 11.6 Å². The second-order valence-electron chi connectivity index (χ2n) is 5.59. The van der Waals surface area contributed by atoms with E-state index in [1.54, 1.807) is 6.07 Å². The molecule has 0 unspecified atom stereocenters. The molecule has 0 atom stereocenters. The molecule has 110 valence electrons. The van der Waals surface area contributed by atoms with Crippen LogP contribution < -0.4 is 5.73 Å². The van der Waals surface area contributed by atoms with Crippen LogP contribution in [0, 0.1) is 6.92 Å². The summed E-state index contributed by atoms with van der Waals surface area (Å²) in [6.07, 6.45) is 5.64. The van der Waals surface area contributed by atoms with Crippen molar-refractivity contribution in [3.8, 4) is 0 Å². The van der Waals surface area contributed by atoms with Gasteiger partial charge < -0.3 is 15.7 Å². The van der Waals surface area contributed by atoms with E-state index in [0.29, 0.717) is 17.8 Å². The maximum atomic E-state index is 12.7. The SMILES string of the molecule is Cc1ccc(C(=O)N(CCO)C2CCCCC2)cc1N. The number of nitrogens with two attached hydrogens (primary N) is 1. The van der Waals surface area contributed by atoms with Crippen LogP contribution in [-0.2, 0) is 0 Å². The van der Waals surface area contributed by atoms with Gasteiger partial charge in [-0.2, -0.15) is 0 Å². The average molecular weight is 276 g/mol. The highest BCUT2D eigenvalue weighted by Crippen LogP contribution is 2.24. The summed E-state index contributed by atoms with van der Waals surface area (Å²) in [5.74, 6) is -0.0161. The molecule has 0 saturated heterocycles. The zero-order valence-electron chi connectivity index (χ0n) is 12.1. The van der Waals surface area contributed by atoms with E-state index in [1.807, 2.05) is 24.0 Å². The van der Waals surface area contributed by atoms with Gasteiger partial charge in [-0.25, -0.2) is 0 Å². The van der Waals surface area contributed by atoms with Gasteiger partial charge in [-0.1, -0.05) is 25.3 Å². The third kappa shape index (κ3) is 3.31. The molecule has 4 nitrogen and oxygen atoms in total. The number of hydrogen-bond donors (Lipinski definition) is 2. The number of aliphatic hydroxyl groups is 1. The first kappa shape index (κ1) is 14.9. The summed E-state index contributed by atoms with van der Waals surface area (Å²) in [6, 6.07) is 5.69. The lowest BCUT2D eigenvalue weighted by molar-refractivity contribution is 0.0585. The zero-order valence-corrected chi connectivity index (χ0v) is 12.1. The number of hydrogen-bond acceptors (Lipinski definition) is 3. The van der Waals surface area contributed by atoms with Crippen LogP contribution >= 0.6 is 0 Å². The number of carbonyl (C=O) groups is 1. The fourth-order valence-corrected chi connectivity index (χ4v) is 2.89. The number of amides is 1. The molecule has 0 aliphatic heterocycles. The van der Waals surface area contributed by atoms with Crippen molar-refractivity contribution in [3.63, 3.8) is 0 Å². The third-order valence-corrected chi connectivity index (χ3v) is 4.14. The predicted octanol–water partition coefficient (Wildman–Crippen LogP) is 2.34. The largest absolute Gasteiger partial charge is 0.398 e. The molecule has 0 aromatic heterocycles. The lowest BCUT2D eigenvalue weighted by Crippen LogP contribution is -2.43. The molecular formula is C16H24N2O2. The Kier molecular flexibility index (Phi) is 5.01. The Morgan fingerprint density at radius 1 is 1.35 bits per heavy atom. The van der Waals surface area contributed by atoms with Crippen molar-refractivity contribution in [2.24, 2.45) is 0 Å². The van der Waals surface area contributed by atoms with E-state index in [-0.39, 0.29) is 18.6 Å². The molecule has 1 aromatic rings. The van der Waals surface area contributed by atoms with E-state index in [2.05, 4.69) is 0 Å². The maximum Gasteiger partial charge on any atom is 0.254 e. The van der Waals surface area contributed by atoms with Crippen LogP contribution in [0.3, 0.4) is 0 Å². The highest BCUT2D eigenvalue weighted by molar-refractivity contribution is 5.95. The third-order valence-electron chi connectivity index (χ3n) is 4.14. The van der Waals surface area contributed by atoms with Gasteiger partial charge in [0.15, 0.2) is 0 Å². The second kappa shape index (κ2) is 6.75. The summed E-state index contributed by atoms with van der Waals surface area (Å²) in [5.41, 5.74) is 8.13. The summed E-state index contributed by atoms with van der Waals surface area (Å²) in [6.45, 7) is 2.33. The van der Waals surface area contributed by atoms with Crippen molar-refractivity contribution in [1.82, 2.24) is 4.90 Å². The molecule has 3 N–H and O–H groups in total. The molecule has 1 aliphatic carbocycles. The molecule has 20 heavy (non-hydrogen) atoms. The fraction of sp³-hybridized carbons (Fsp3) is 0.562. The van der Waals surface area contributed by atoms with E-state index >= 15 is 0 Å². The van der Waals surface area contributed by atoms with Gasteiger partial charge in [-0.15, -0.1) is 0 Å². The topological polar surface area (TPSA) is 66.6 Å². The smallest absolute Gasteiger partial charge is 0.254 e. The fourth-order valence-electron chi connectivity index (χ4n) is 2.89. The number of nitrogens with zero attached hydrogens (tertiary/aromatic N) is 1. The number of carbonyl (C=O) groups excluding carboxylic acids is 1. The van der Waals surface area contributed by atoms with Crippen molar-refractivity contribution in [3.05, 3.63) is 29.3 Å². The molecule has 0 radical (unpaired) electrons. The molecule has 4 heteroatoms. The summed E-state index contributed by atoms with van der Waals surface area (Å²) in [5, 5.41) is 9.24. The molecule has 1 aromatic carbocycles. The van der Waals surface area contributed by atoms with Crippen LogP contribution in [0.4, 0.5) is 5.69 Å². The van der Waals surface area contributed by atoms with Crippen molar-refractivity contribution in [1.29, 1.82) is 0 Å². The lowest BCUT2D eigenvalue weighted by Gasteiger charge is -2.34. The minimum Gasteiger partial charge on any atom is -0.398 e. The predicted molar refractivity (Wildman–Crippen MR) is 80.6 cm³/mol. The minimum absolute atomic E-state index is 0.00356. The van der Waals surface area contributed by atoms with E-state index in [9.17, 15) is 9.90 Å². The van der Waals surface area contributed by atoms with Gasteiger partial charge in [-0.3, -0.25) is 4.79 Å². The summed E-state index contributed by atoms with van der Waals surface area (Å²) in [4.78, 5) is 14.5. The Morgan fingerprint density at radius 3 is 2.65 bits per heavy atom. The summed E-state index contributed by atoms with van der Waals surface area (Å²) >= 11 is 0. The average Bonchev–Trinajstić information content (AvgIpc) is 2.48. The quantitative estimate of drug-likeness (QED) is 0.830. The minimum atomic E-state index is -0.0161. The van der Waals surface area contributed by atoms with Crippen LogP contribution in [0.5, 0.6) is 0 Å². The molecule has 0 spiro atoms. The molecule has 1 saturated carbocycles. The Balaban J connectivity index is 2.18. The van der Waals surface area contributed by atoms with Gasteiger partial charge in [-0.05, 0) is 37.5 Å². The second-order valence-corrected chi connectivity index (χ2v) is 5.59. The maximum absolute atomic E-state index is 12.7. The molecule has 1 fully saturated rings. The monoisotopic (exact) mass is 276 g/mol. The normalized spacial score (nSPS) is 16.1. The highest BCUT2D eigenvalue weighted by Gasteiger charge is 2.25. The molecule has 0 heterocycles. The van der Waals surface area contributed by atoms with Crippen LogP contribution in [0.2, 0.25) is 0 Å². The number of rotatable bonds is 4. The van der Waals surface area contributed by atoms with Crippen molar-refractivity contribution < 1.29 is 9.90 Å². The van der Waals surface area contributed by atoms with Gasteiger partial charge >= 0.3 is 0 Å². The van der Waals surface area contributed by atoms with Gasteiger partial charge in [0.25, 0.3) is 5.91 Å². The number of aliphatic hydroxyl groups excluding tert-OH is 1. The van der Waals surface area contributed by atoms with Crippen LogP contribution in [0.15, 0.2) is 18.2 Å². The summed E-state index contributed by atoms with van der Waals surface area (Å²) in [7, 11) is 0. The molecule has 1 amide bonds. The Labute approximate surface area is 120 Å². The highest BCUT2D eigenvalue weighted by atomic mass is 16.3. The first-order valence-corrected chi connectivity index (χ1v) is 7.41. The van der Waals surface area contributed by atoms with E-state index in [1.165, 1.54) is 6.42 Å². The molecule has 2 rings (SSSR count). The molecular weight excluding hydrogens is 252 g/mol. The lowest BCUT2D eigenvalue weighted by atomic mass is 9.93. The van der Waals surface area contributed by atoms with Crippen molar-refractivity contribution in [2.75, 3.05) is 18.9 Å². The van der Waals surface area contributed by atoms with Crippen LogP contribution in [-0.4, -0.2) is 35.1 Å². The number of anilines is 1. The van der Waals surface area contributed by atoms with Crippen molar-refractivity contribution in [2.45, 2.75) is 45.1 Å². The zero-order chi connectivity index (χ0) is 14.5. The Bertz CT molecular complexity index is 468. The number of aryl methyl sites for hydroxylation is 1. The number of benzene rings is 1. The first-order valence-electron chi connectivity index (χ1n) is 7.41. The molecule has 1 aliphatic rings. The van der Waals surface area contributed by atoms with Crippen LogP contribution in [0.25, 0.3) is 0 Å². The van der Waals surface area contributed by atoms with E-state index < -0.39 is 0 Å². The van der Waals surface area contributed by atoms with Gasteiger partial charge in [0.05, 0.1) is 6.61 Å². The Hall–Kier alpha value is -1.55. The van der Waals surface area contributed by atoms with E-state index in [0.717, 1.165) is 31.2 Å². The van der Waals surface area contributed by atoms with E-state index in [4.69, 9.17) is 5.73 Å². The van der Waals surface area contributed by atoms with Crippen LogP contribution in [0.1, 0.15) is 48.0 Å². The van der Waals surface area contributed by atoms with Gasteiger partial charge in [0.2, 0.25) is 0 Å². The van der Waals surface area contributed by atoms with Gasteiger partial charge in [0, 0.05) is 23.8 Å². The molecule has 0 bridgehead atoms. The number of nitrogen functional groups attached to an aromatic ring is 1.